The van der Waals surface area contributed by atoms with Crippen molar-refractivity contribution in [3.05, 3.63) is 0 Å². The minimum Gasteiger partial charge on any atom is -0.377 e. The normalized spacial score (nSPS) is 12.8. The van der Waals surface area contributed by atoms with Crippen LogP contribution in [0.1, 0.15) is 51.4 Å². The second-order valence-corrected chi connectivity index (χ2v) is 13.7. The highest BCUT2D eigenvalue weighted by molar-refractivity contribution is 6.60. The van der Waals surface area contributed by atoms with Crippen molar-refractivity contribution in [3.8, 4) is 0 Å². The van der Waals surface area contributed by atoms with Crippen LogP contribution < -0.4 is 5.73 Å². The Kier molecular flexibility index (Phi) is 18.7. The fourth-order valence-corrected chi connectivity index (χ4v) is 7.08. The molecule has 2 N–H and O–H groups in total. The van der Waals surface area contributed by atoms with Gasteiger partial charge in [0.05, 0.1) is 0 Å². The fraction of sp³-hybridized carbons (Fsp3) is 1.00. The topological polar surface area (TPSA) is 84.6 Å². The molecule has 0 aromatic rings. The summed E-state index contributed by atoms with van der Waals surface area (Å²) in [6.45, 7) is 3.90. The van der Waals surface area contributed by atoms with E-state index in [4.69, 9.17) is 32.3 Å². The van der Waals surface area contributed by atoms with Gasteiger partial charge in [0.2, 0.25) is 0 Å². The van der Waals surface area contributed by atoms with Crippen LogP contribution in [-0.2, 0) is 26.6 Å². The van der Waals surface area contributed by atoms with Crippen LogP contribution in [0.5, 0.6) is 0 Å². The minimum absolute atomic E-state index is 0.804. The molecule has 10 heteroatoms. The second kappa shape index (κ2) is 18.7. The Labute approximate surface area is 187 Å². The molecular weight excluding hydrogens is 420 g/mol. The van der Waals surface area contributed by atoms with Crippen LogP contribution in [-0.4, -0.2) is 91.3 Å². The van der Waals surface area contributed by atoms with E-state index in [-0.39, 0.29) is 0 Å². The zero-order chi connectivity index (χ0) is 22.7. The van der Waals surface area contributed by atoms with E-state index >= 15 is 0 Å². The molecule has 0 aliphatic rings. The number of hydrogen-bond acceptors (Lipinski definition) is 8. The van der Waals surface area contributed by atoms with Crippen LogP contribution in [0.4, 0.5) is 0 Å². The minimum atomic E-state index is -2.51. The average Bonchev–Trinajstić information content (AvgIpc) is 2.79. The van der Waals surface area contributed by atoms with E-state index in [2.05, 4.69) is 4.90 Å². The van der Waals surface area contributed by atoms with E-state index in [0.29, 0.717) is 0 Å². The average molecular weight is 469 g/mol. The van der Waals surface area contributed by atoms with E-state index in [1.54, 1.807) is 42.7 Å². The van der Waals surface area contributed by atoms with Gasteiger partial charge in [0.25, 0.3) is 0 Å². The lowest BCUT2D eigenvalue weighted by molar-refractivity contribution is 0.119. The largest absolute Gasteiger partial charge is 0.500 e. The number of unbranched alkanes of at least 4 members (excludes halogenated alkanes) is 5. The highest BCUT2D eigenvalue weighted by atomic mass is 28.4. The third-order valence-electron chi connectivity index (χ3n) is 5.71. The van der Waals surface area contributed by atoms with Crippen LogP contribution in [0.2, 0.25) is 12.1 Å². The molecule has 0 fully saturated rings. The maximum atomic E-state index is 5.57. The van der Waals surface area contributed by atoms with Gasteiger partial charge in [-0.3, -0.25) is 0 Å². The summed E-state index contributed by atoms with van der Waals surface area (Å²) < 4.78 is 33.3. The molecule has 0 aliphatic carbocycles. The lowest BCUT2D eigenvalue weighted by Gasteiger charge is -2.28. The van der Waals surface area contributed by atoms with Gasteiger partial charge in [-0.25, -0.2) is 0 Å². The number of rotatable bonds is 22. The summed E-state index contributed by atoms with van der Waals surface area (Å²) in [6, 6.07) is 1.64. The highest BCUT2D eigenvalue weighted by Crippen LogP contribution is 2.18. The van der Waals surface area contributed by atoms with Gasteiger partial charge in [-0.2, -0.15) is 0 Å². The van der Waals surface area contributed by atoms with Crippen molar-refractivity contribution < 1.29 is 26.6 Å². The quantitative estimate of drug-likeness (QED) is 0.192. The van der Waals surface area contributed by atoms with Crippen molar-refractivity contribution in [2.45, 2.75) is 63.5 Å². The molecule has 0 bridgehead atoms. The first-order valence-corrected chi connectivity index (χ1v) is 15.1. The van der Waals surface area contributed by atoms with Crippen LogP contribution >= 0.6 is 0 Å². The summed E-state index contributed by atoms with van der Waals surface area (Å²) in [5.74, 6) is 0. The number of nitrogens with two attached hydrogens (primary N) is 1. The number of hydrogen-bond donors (Lipinski definition) is 1. The predicted octanol–water partition coefficient (Wildman–Crippen LogP) is 3.12. The molecule has 0 saturated heterocycles. The van der Waals surface area contributed by atoms with E-state index in [1.807, 2.05) is 0 Å². The predicted molar refractivity (Wildman–Crippen MR) is 126 cm³/mol. The van der Waals surface area contributed by atoms with Crippen LogP contribution in [0, 0.1) is 0 Å². The van der Waals surface area contributed by atoms with E-state index in [1.165, 1.54) is 32.1 Å². The first-order chi connectivity index (χ1) is 14.5. The summed E-state index contributed by atoms with van der Waals surface area (Å²) in [7, 11) is 5.02. The molecule has 0 atom stereocenters. The van der Waals surface area contributed by atoms with E-state index in [0.717, 1.165) is 57.5 Å². The van der Waals surface area contributed by atoms with Gasteiger partial charge in [-0.1, -0.05) is 25.7 Å². The van der Waals surface area contributed by atoms with Gasteiger partial charge in [0.15, 0.2) is 0 Å². The molecule has 0 saturated carbocycles. The monoisotopic (exact) mass is 468 g/mol. The zero-order valence-corrected chi connectivity index (χ0v) is 22.4. The molecule has 8 nitrogen and oxygen atoms in total. The summed E-state index contributed by atoms with van der Waals surface area (Å²) >= 11 is 0. The molecule has 0 aliphatic heterocycles. The Bertz CT molecular complexity index is 346. The lowest BCUT2D eigenvalue weighted by Crippen LogP contribution is -2.44. The molecule has 0 unspecified atom stereocenters. The summed E-state index contributed by atoms with van der Waals surface area (Å²) in [5, 5.41) is 0. The molecule has 0 radical (unpaired) electrons. The van der Waals surface area contributed by atoms with Gasteiger partial charge < -0.3 is 37.2 Å². The first-order valence-electron chi connectivity index (χ1n) is 11.2. The Morgan fingerprint density at radius 1 is 0.500 bits per heavy atom. The third-order valence-corrected chi connectivity index (χ3v) is 11.4. The molecule has 182 valence electrons. The van der Waals surface area contributed by atoms with Gasteiger partial charge in [0.1, 0.15) is 0 Å². The third kappa shape index (κ3) is 12.2. The van der Waals surface area contributed by atoms with Gasteiger partial charge in [-0.15, -0.1) is 0 Å². The van der Waals surface area contributed by atoms with E-state index < -0.39 is 17.6 Å². The molecule has 30 heavy (non-hydrogen) atoms. The Balaban J connectivity index is 4.53. The Morgan fingerprint density at radius 2 is 0.833 bits per heavy atom. The zero-order valence-electron chi connectivity index (χ0n) is 20.4. The first kappa shape index (κ1) is 30.1. The van der Waals surface area contributed by atoms with E-state index in [9.17, 15) is 0 Å². The van der Waals surface area contributed by atoms with Crippen molar-refractivity contribution in [1.29, 1.82) is 0 Å². The molecule has 0 heterocycles. The molecule has 0 rings (SSSR count). The van der Waals surface area contributed by atoms with Crippen molar-refractivity contribution in [2.75, 3.05) is 68.8 Å². The summed E-state index contributed by atoms with van der Waals surface area (Å²) in [5.41, 5.74) is 5.57. The van der Waals surface area contributed by atoms with Crippen molar-refractivity contribution >= 4 is 17.6 Å². The summed E-state index contributed by atoms with van der Waals surface area (Å²) in [6.07, 6.45) is 9.40. The van der Waals surface area contributed by atoms with Crippen LogP contribution in [0.3, 0.4) is 0 Å². The van der Waals surface area contributed by atoms with Crippen molar-refractivity contribution in [2.24, 2.45) is 5.73 Å². The highest BCUT2D eigenvalue weighted by Gasteiger charge is 2.38. The molecule has 0 aromatic carbocycles. The molecular formula is C20H48N2O6Si2. The van der Waals surface area contributed by atoms with Gasteiger partial charge in [0, 0.05) is 54.7 Å². The molecule has 0 amide bonds. The van der Waals surface area contributed by atoms with Gasteiger partial charge in [-0.05, 0) is 51.9 Å². The maximum absolute atomic E-state index is 5.57. The Morgan fingerprint density at radius 3 is 1.20 bits per heavy atom. The smallest absolute Gasteiger partial charge is 0.377 e. The van der Waals surface area contributed by atoms with Crippen molar-refractivity contribution in [3.63, 3.8) is 0 Å². The van der Waals surface area contributed by atoms with Gasteiger partial charge >= 0.3 is 17.6 Å². The van der Waals surface area contributed by atoms with Crippen molar-refractivity contribution in [1.82, 2.24) is 4.90 Å². The molecule has 0 spiro atoms. The Hall–Kier alpha value is 0.114. The second-order valence-electron chi connectivity index (χ2n) is 7.55. The van der Waals surface area contributed by atoms with Crippen LogP contribution in [0.25, 0.3) is 0 Å². The fourth-order valence-electron chi connectivity index (χ4n) is 3.67. The summed E-state index contributed by atoms with van der Waals surface area (Å²) in [4.78, 5) is 2.53. The van der Waals surface area contributed by atoms with Crippen LogP contribution in [0.15, 0.2) is 0 Å². The standard InChI is InChI=1S/C20H48N2O6Si2/c1-23-29(24-2,25-3)19-13-17-22(16-12-10-8-7-9-11-15-21)18-14-20-30(26-4,27-5)28-6/h7-21H2,1-6H3. The SMILES string of the molecule is CO[Si](CCCN(CCCCCCCCN)CCC[Si](OC)(OC)OC)(OC)OC. The maximum Gasteiger partial charge on any atom is 0.500 e. The lowest BCUT2D eigenvalue weighted by atomic mass is 10.1. The molecule has 0 aromatic heterocycles. The number of nitrogens with zero attached hydrogens (tertiary/aromatic N) is 1.